The zero-order valence-electron chi connectivity index (χ0n) is 11.6. The van der Waals surface area contributed by atoms with E-state index in [0.29, 0.717) is 16.8 Å². The van der Waals surface area contributed by atoms with Gasteiger partial charge in [0.2, 0.25) is 0 Å². The van der Waals surface area contributed by atoms with Gasteiger partial charge in [0.05, 0.1) is 0 Å². The lowest BCUT2D eigenvalue weighted by Crippen LogP contribution is -2.07. The minimum absolute atomic E-state index is 0.158. The lowest BCUT2D eigenvalue weighted by molar-refractivity contribution is 0.436. The van der Waals surface area contributed by atoms with Crippen LogP contribution < -0.4 is 10.5 Å². The molecule has 0 saturated carbocycles. The molecule has 0 amide bonds. The summed E-state index contributed by atoms with van der Waals surface area (Å²) in [5.74, 6) is 0.239. The van der Waals surface area contributed by atoms with Gasteiger partial charge < -0.3 is 10.5 Å². The van der Waals surface area contributed by atoms with Gasteiger partial charge in [-0.2, -0.15) is 0 Å². The Bertz CT molecular complexity index is 781. The van der Waals surface area contributed by atoms with Crippen molar-refractivity contribution in [3.8, 4) is 11.5 Å². The molecule has 3 aromatic rings. The number of hydrogen-bond acceptors (Lipinski definition) is 3. The molecule has 0 aliphatic carbocycles. The second-order valence-corrected chi connectivity index (χ2v) is 4.88. The van der Waals surface area contributed by atoms with E-state index < -0.39 is 5.82 Å². The predicted octanol–water partition coefficient (Wildman–Crippen LogP) is 4.19. The molecule has 4 heteroatoms. The zero-order chi connectivity index (χ0) is 14.8. The van der Waals surface area contributed by atoms with E-state index in [0.717, 1.165) is 5.39 Å². The van der Waals surface area contributed by atoms with Crippen LogP contribution in [0.3, 0.4) is 0 Å². The van der Waals surface area contributed by atoms with Gasteiger partial charge >= 0.3 is 0 Å². The molecule has 1 atom stereocenters. The summed E-state index contributed by atoms with van der Waals surface area (Å²) in [5.41, 5.74) is 7.21. The molecule has 2 aromatic carbocycles. The summed E-state index contributed by atoms with van der Waals surface area (Å²) < 4.78 is 19.9. The van der Waals surface area contributed by atoms with E-state index in [4.69, 9.17) is 10.5 Å². The number of para-hydroxylation sites is 2. The summed E-state index contributed by atoms with van der Waals surface area (Å²) in [6.45, 7) is 1.79. The number of halogens is 1. The smallest absolute Gasteiger partial charge is 0.167 e. The monoisotopic (exact) mass is 282 g/mol. The molecule has 0 saturated heterocycles. The fraction of sp³-hybridized carbons (Fsp3) is 0.118. The number of hydrogen-bond donors (Lipinski definition) is 1. The molecule has 3 rings (SSSR count). The molecular weight excluding hydrogens is 267 g/mol. The molecule has 1 aromatic heterocycles. The highest BCUT2D eigenvalue weighted by atomic mass is 19.1. The van der Waals surface area contributed by atoms with Crippen LogP contribution in [0.15, 0.2) is 54.7 Å². The van der Waals surface area contributed by atoms with Gasteiger partial charge in [0.25, 0.3) is 0 Å². The topological polar surface area (TPSA) is 48.1 Å². The minimum atomic E-state index is -0.433. The highest BCUT2D eigenvalue weighted by Gasteiger charge is 2.15. The summed E-state index contributed by atoms with van der Waals surface area (Å²) in [7, 11) is 0. The van der Waals surface area contributed by atoms with Crippen LogP contribution in [-0.2, 0) is 0 Å². The van der Waals surface area contributed by atoms with Crippen molar-refractivity contribution in [1.82, 2.24) is 4.98 Å². The minimum Gasteiger partial charge on any atom is -0.452 e. The fourth-order valence-corrected chi connectivity index (χ4v) is 2.26. The fourth-order valence-electron chi connectivity index (χ4n) is 2.26. The van der Waals surface area contributed by atoms with Gasteiger partial charge in [0, 0.05) is 23.2 Å². The van der Waals surface area contributed by atoms with Gasteiger partial charge in [-0.15, -0.1) is 0 Å². The summed E-state index contributed by atoms with van der Waals surface area (Å²) in [4.78, 5) is 4.30. The van der Waals surface area contributed by atoms with Crippen LogP contribution in [0.1, 0.15) is 18.5 Å². The van der Waals surface area contributed by atoms with Crippen molar-refractivity contribution >= 4 is 10.9 Å². The first-order chi connectivity index (χ1) is 10.2. The van der Waals surface area contributed by atoms with Crippen molar-refractivity contribution in [2.24, 2.45) is 5.73 Å². The molecule has 106 valence electrons. The maximum Gasteiger partial charge on any atom is 0.167 e. The first kappa shape index (κ1) is 13.5. The standard InChI is InChI=1S/C17H15FN2O/c1-11(19)13-7-3-8-14(18)17(13)21-15-9-2-5-12-6-4-10-20-16(12)15/h2-11H,19H2,1H3/t11-/m1/s1. The van der Waals surface area contributed by atoms with Crippen molar-refractivity contribution < 1.29 is 9.13 Å². The number of benzene rings is 2. The molecule has 21 heavy (non-hydrogen) atoms. The van der Waals surface area contributed by atoms with Crippen LogP contribution in [0.5, 0.6) is 11.5 Å². The number of nitrogens with two attached hydrogens (primary N) is 1. The van der Waals surface area contributed by atoms with E-state index in [1.54, 1.807) is 31.3 Å². The maximum atomic E-state index is 14.1. The molecule has 0 spiro atoms. The quantitative estimate of drug-likeness (QED) is 0.783. The number of pyridine rings is 1. The number of nitrogens with zero attached hydrogens (tertiary/aromatic N) is 1. The van der Waals surface area contributed by atoms with E-state index in [-0.39, 0.29) is 11.8 Å². The molecule has 0 radical (unpaired) electrons. The van der Waals surface area contributed by atoms with E-state index in [1.807, 2.05) is 24.3 Å². The summed E-state index contributed by atoms with van der Waals surface area (Å²) in [5, 5.41) is 0.939. The van der Waals surface area contributed by atoms with Crippen molar-refractivity contribution in [1.29, 1.82) is 0 Å². The van der Waals surface area contributed by atoms with E-state index in [2.05, 4.69) is 4.98 Å². The third kappa shape index (κ3) is 2.58. The average Bonchev–Trinajstić information content (AvgIpc) is 2.49. The average molecular weight is 282 g/mol. The Labute approximate surface area is 122 Å². The highest BCUT2D eigenvalue weighted by molar-refractivity contribution is 5.84. The largest absolute Gasteiger partial charge is 0.452 e. The second-order valence-electron chi connectivity index (χ2n) is 4.88. The summed E-state index contributed by atoms with van der Waals surface area (Å²) >= 11 is 0. The van der Waals surface area contributed by atoms with Crippen molar-refractivity contribution in [2.75, 3.05) is 0 Å². The van der Waals surface area contributed by atoms with Crippen LogP contribution >= 0.6 is 0 Å². The normalized spacial score (nSPS) is 12.3. The Balaban J connectivity index is 2.11. The van der Waals surface area contributed by atoms with Gasteiger partial charge in [-0.25, -0.2) is 4.39 Å². The van der Waals surface area contributed by atoms with E-state index in [1.165, 1.54) is 6.07 Å². The SMILES string of the molecule is C[C@@H](N)c1cccc(F)c1Oc1cccc2cccnc12. The molecule has 0 aliphatic rings. The first-order valence-electron chi connectivity index (χ1n) is 6.72. The van der Waals surface area contributed by atoms with Crippen LogP contribution in [0.25, 0.3) is 10.9 Å². The Morgan fingerprint density at radius 3 is 2.67 bits per heavy atom. The van der Waals surface area contributed by atoms with Crippen LogP contribution in [0.2, 0.25) is 0 Å². The second kappa shape index (κ2) is 5.50. The highest BCUT2D eigenvalue weighted by Crippen LogP contribution is 2.34. The van der Waals surface area contributed by atoms with Gasteiger partial charge in [0.15, 0.2) is 17.3 Å². The molecule has 0 bridgehead atoms. The van der Waals surface area contributed by atoms with E-state index in [9.17, 15) is 4.39 Å². The molecule has 0 unspecified atom stereocenters. The van der Waals surface area contributed by atoms with Crippen molar-refractivity contribution in [3.05, 3.63) is 66.1 Å². The molecule has 0 fully saturated rings. The molecule has 1 heterocycles. The van der Waals surface area contributed by atoms with Crippen LogP contribution in [0, 0.1) is 5.82 Å². The number of aromatic nitrogens is 1. The Hall–Kier alpha value is -2.46. The third-order valence-electron chi connectivity index (χ3n) is 3.30. The van der Waals surface area contributed by atoms with E-state index >= 15 is 0 Å². The van der Waals surface area contributed by atoms with Gasteiger partial charge in [0.1, 0.15) is 5.52 Å². The third-order valence-corrected chi connectivity index (χ3v) is 3.30. The first-order valence-corrected chi connectivity index (χ1v) is 6.72. The molecule has 0 aliphatic heterocycles. The Morgan fingerprint density at radius 1 is 1.10 bits per heavy atom. The molecule has 3 nitrogen and oxygen atoms in total. The van der Waals surface area contributed by atoms with Crippen molar-refractivity contribution in [3.63, 3.8) is 0 Å². The molecule has 2 N–H and O–H groups in total. The Morgan fingerprint density at radius 2 is 1.86 bits per heavy atom. The number of fused-ring (bicyclic) bond motifs is 1. The van der Waals surface area contributed by atoms with Gasteiger partial charge in [-0.05, 0) is 25.1 Å². The predicted molar refractivity (Wildman–Crippen MR) is 80.8 cm³/mol. The lowest BCUT2D eigenvalue weighted by Gasteiger charge is -2.15. The summed E-state index contributed by atoms with van der Waals surface area (Å²) in [6.07, 6.45) is 1.68. The van der Waals surface area contributed by atoms with Crippen LogP contribution in [0.4, 0.5) is 4.39 Å². The summed E-state index contributed by atoms with van der Waals surface area (Å²) in [6, 6.07) is 13.8. The van der Waals surface area contributed by atoms with Gasteiger partial charge in [-0.1, -0.05) is 30.3 Å². The van der Waals surface area contributed by atoms with Crippen LogP contribution in [-0.4, -0.2) is 4.98 Å². The number of ether oxygens (including phenoxy) is 1. The Kier molecular flexibility index (Phi) is 3.54. The lowest BCUT2D eigenvalue weighted by atomic mass is 10.1. The number of rotatable bonds is 3. The van der Waals surface area contributed by atoms with Gasteiger partial charge in [-0.3, -0.25) is 4.98 Å². The maximum absolute atomic E-state index is 14.1. The van der Waals surface area contributed by atoms with Crippen molar-refractivity contribution in [2.45, 2.75) is 13.0 Å². The zero-order valence-corrected chi connectivity index (χ0v) is 11.6. The molecular formula is C17H15FN2O.